The average Bonchev–Trinajstić information content (AvgIpc) is 2.45. The van der Waals surface area contributed by atoms with Crippen molar-refractivity contribution in [1.82, 2.24) is 0 Å². The lowest BCUT2D eigenvalue weighted by molar-refractivity contribution is 0.315. The van der Waals surface area contributed by atoms with Gasteiger partial charge < -0.3 is 4.74 Å². The second kappa shape index (κ2) is 8.14. The van der Waals surface area contributed by atoms with E-state index in [-0.39, 0.29) is 4.83 Å². The predicted molar refractivity (Wildman–Crippen MR) is 103 cm³/mol. The molecule has 0 aliphatic heterocycles. The first-order valence-electron chi connectivity index (χ1n) is 6.54. The van der Waals surface area contributed by atoms with Gasteiger partial charge in [-0.2, -0.15) is 0 Å². The molecule has 21 heavy (non-hydrogen) atoms. The van der Waals surface area contributed by atoms with Crippen LogP contribution in [-0.2, 0) is 0 Å². The number of rotatable bonds is 5. The van der Waals surface area contributed by atoms with E-state index in [2.05, 4.69) is 94.9 Å². The van der Waals surface area contributed by atoms with Gasteiger partial charge in [-0.05, 0) is 57.7 Å². The molecule has 0 bridgehead atoms. The first-order valence-corrected chi connectivity index (χ1v) is 9.83. The highest BCUT2D eigenvalue weighted by Crippen LogP contribution is 2.39. The Morgan fingerprint density at radius 1 is 1.00 bits per heavy atom. The van der Waals surface area contributed by atoms with Crippen LogP contribution in [0.4, 0.5) is 0 Å². The Morgan fingerprint density at radius 3 is 2.38 bits per heavy atom. The van der Waals surface area contributed by atoms with Crippen LogP contribution in [0.2, 0.25) is 0 Å². The van der Waals surface area contributed by atoms with E-state index in [1.807, 2.05) is 12.1 Å². The van der Waals surface area contributed by atoms with Gasteiger partial charge in [-0.25, -0.2) is 0 Å². The van der Waals surface area contributed by atoms with E-state index in [1.165, 1.54) is 11.1 Å². The molecule has 0 fully saturated rings. The van der Waals surface area contributed by atoms with Crippen molar-refractivity contribution in [2.24, 2.45) is 0 Å². The second-order valence-corrected chi connectivity index (χ2v) is 8.11. The van der Waals surface area contributed by atoms with E-state index in [0.717, 1.165) is 32.2 Å². The lowest BCUT2D eigenvalue weighted by Gasteiger charge is -2.15. The third-order valence-electron chi connectivity index (χ3n) is 2.95. The first kappa shape index (κ1) is 17.5. The van der Waals surface area contributed by atoms with E-state index in [4.69, 9.17) is 4.74 Å². The third kappa shape index (κ3) is 4.57. The van der Waals surface area contributed by atoms with Crippen LogP contribution in [0.5, 0.6) is 5.75 Å². The fourth-order valence-corrected chi connectivity index (χ4v) is 4.67. The van der Waals surface area contributed by atoms with Crippen LogP contribution in [-0.4, -0.2) is 6.61 Å². The molecule has 2 aromatic rings. The van der Waals surface area contributed by atoms with Crippen molar-refractivity contribution in [3.05, 3.63) is 60.9 Å². The van der Waals surface area contributed by atoms with Crippen molar-refractivity contribution in [1.29, 1.82) is 0 Å². The van der Waals surface area contributed by atoms with Gasteiger partial charge in [0.25, 0.3) is 0 Å². The molecule has 2 aromatic carbocycles. The molecule has 0 heterocycles. The number of alkyl halides is 1. The Bertz CT molecular complexity index is 628. The molecular weight excluding hydrogens is 528 g/mol. The molecule has 0 aromatic heterocycles. The highest BCUT2D eigenvalue weighted by atomic mass is 79.9. The molecule has 112 valence electrons. The number of hydrogen-bond acceptors (Lipinski definition) is 1. The Balaban J connectivity index is 2.27. The summed E-state index contributed by atoms with van der Waals surface area (Å²) < 4.78 is 8.79. The summed E-state index contributed by atoms with van der Waals surface area (Å²) in [5.74, 6) is 0.884. The molecular formula is C16H14Br4O. The summed E-state index contributed by atoms with van der Waals surface area (Å²) in [6.45, 7) is 2.83. The molecule has 2 rings (SSSR count). The highest BCUT2D eigenvalue weighted by molar-refractivity contribution is 9.11. The number of benzene rings is 2. The Hall–Kier alpha value is 0.160. The van der Waals surface area contributed by atoms with Gasteiger partial charge in [0.2, 0.25) is 0 Å². The van der Waals surface area contributed by atoms with Crippen LogP contribution in [0.25, 0.3) is 0 Å². The normalized spacial score (nSPS) is 12.2. The lowest BCUT2D eigenvalue weighted by Crippen LogP contribution is -1.98. The number of halogens is 4. The van der Waals surface area contributed by atoms with Crippen molar-refractivity contribution in [2.45, 2.75) is 18.2 Å². The molecule has 0 saturated carbocycles. The van der Waals surface area contributed by atoms with Crippen molar-refractivity contribution < 1.29 is 4.74 Å². The zero-order valence-corrected chi connectivity index (χ0v) is 17.7. The third-order valence-corrected chi connectivity index (χ3v) is 5.77. The zero-order chi connectivity index (χ0) is 15.4. The molecule has 5 heteroatoms. The zero-order valence-electron chi connectivity index (χ0n) is 11.4. The van der Waals surface area contributed by atoms with Gasteiger partial charge in [0, 0.05) is 8.95 Å². The molecule has 1 atom stereocenters. The van der Waals surface area contributed by atoms with Crippen LogP contribution in [0.3, 0.4) is 0 Å². The summed E-state index contributed by atoms with van der Waals surface area (Å²) in [7, 11) is 0. The van der Waals surface area contributed by atoms with Crippen molar-refractivity contribution in [3.63, 3.8) is 0 Å². The topological polar surface area (TPSA) is 9.23 Å². The fraction of sp³-hybridized carbons (Fsp3) is 0.250. The molecule has 1 nitrogen and oxygen atoms in total. The van der Waals surface area contributed by atoms with Gasteiger partial charge in [-0.1, -0.05) is 66.8 Å². The second-order valence-electron chi connectivity index (χ2n) is 4.57. The maximum atomic E-state index is 5.69. The highest BCUT2D eigenvalue weighted by Gasteiger charge is 2.15. The largest absolute Gasteiger partial charge is 0.492 e. The molecule has 0 saturated heterocycles. The molecule has 0 aliphatic rings. The molecule has 0 radical (unpaired) electrons. The summed E-state index contributed by atoms with van der Waals surface area (Å²) in [6.07, 6.45) is 1.00. The summed E-state index contributed by atoms with van der Waals surface area (Å²) in [4.78, 5) is 0.122. The Kier molecular flexibility index (Phi) is 6.79. The van der Waals surface area contributed by atoms with Crippen molar-refractivity contribution >= 4 is 63.7 Å². The van der Waals surface area contributed by atoms with E-state index in [9.17, 15) is 0 Å². The standard InChI is InChI=1S/C16H14Br4O/c1-2-7-21-15-6-3-10(8-14(15)19)16(20)12-5-4-11(17)9-13(12)18/h3-6,8-9,16H,2,7H2,1H3. The molecule has 0 spiro atoms. The van der Waals surface area contributed by atoms with E-state index in [0.29, 0.717) is 0 Å². The minimum absolute atomic E-state index is 0.122. The van der Waals surface area contributed by atoms with Crippen LogP contribution >= 0.6 is 63.7 Å². The monoisotopic (exact) mass is 538 g/mol. The fourth-order valence-electron chi connectivity index (χ4n) is 1.89. The molecule has 1 unspecified atom stereocenters. The summed E-state index contributed by atoms with van der Waals surface area (Å²) >= 11 is 14.5. The van der Waals surface area contributed by atoms with Gasteiger partial charge in [-0.15, -0.1) is 0 Å². The van der Waals surface area contributed by atoms with Crippen molar-refractivity contribution in [2.75, 3.05) is 6.61 Å². The van der Waals surface area contributed by atoms with Crippen molar-refractivity contribution in [3.8, 4) is 5.75 Å². The maximum Gasteiger partial charge on any atom is 0.133 e. The van der Waals surface area contributed by atoms with Crippen LogP contribution in [0.15, 0.2) is 49.8 Å². The van der Waals surface area contributed by atoms with Gasteiger partial charge in [-0.3, -0.25) is 0 Å². The molecule has 0 N–H and O–H groups in total. The van der Waals surface area contributed by atoms with E-state index < -0.39 is 0 Å². The Morgan fingerprint density at radius 2 is 1.76 bits per heavy atom. The van der Waals surface area contributed by atoms with Gasteiger partial charge in [0.15, 0.2) is 0 Å². The Labute approximate surface area is 159 Å². The van der Waals surface area contributed by atoms with Crippen LogP contribution in [0.1, 0.15) is 29.3 Å². The maximum absolute atomic E-state index is 5.69. The summed E-state index contributed by atoms with van der Waals surface area (Å²) in [5, 5.41) is 0. The van der Waals surface area contributed by atoms with E-state index in [1.54, 1.807) is 0 Å². The summed E-state index contributed by atoms with van der Waals surface area (Å²) in [6, 6.07) is 12.4. The number of hydrogen-bond donors (Lipinski definition) is 0. The van der Waals surface area contributed by atoms with Crippen LogP contribution < -0.4 is 4.74 Å². The first-order chi connectivity index (χ1) is 10.0. The predicted octanol–water partition coefficient (Wildman–Crippen LogP) is 7.25. The lowest BCUT2D eigenvalue weighted by atomic mass is 10.0. The summed E-state index contributed by atoms with van der Waals surface area (Å²) in [5.41, 5.74) is 2.36. The van der Waals surface area contributed by atoms with Gasteiger partial charge in [0.05, 0.1) is 15.9 Å². The quantitative estimate of drug-likeness (QED) is 0.362. The number of ether oxygens (including phenoxy) is 1. The van der Waals surface area contributed by atoms with E-state index >= 15 is 0 Å². The average molecular weight is 542 g/mol. The molecule has 0 aliphatic carbocycles. The molecule has 0 amide bonds. The van der Waals surface area contributed by atoms with Gasteiger partial charge in [0.1, 0.15) is 5.75 Å². The minimum atomic E-state index is 0.122. The van der Waals surface area contributed by atoms with Crippen LogP contribution in [0, 0.1) is 0 Å². The smallest absolute Gasteiger partial charge is 0.133 e. The minimum Gasteiger partial charge on any atom is -0.492 e. The SMILES string of the molecule is CCCOc1ccc(C(Br)c2ccc(Br)cc2Br)cc1Br. The van der Waals surface area contributed by atoms with Gasteiger partial charge >= 0.3 is 0 Å².